The maximum Gasteiger partial charge on any atom is 0.102 e. The molecule has 0 spiro atoms. The zero-order valence-corrected chi connectivity index (χ0v) is 15.9. The minimum absolute atomic E-state index is 0. The van der Waals surface area contributed by atoms with E-state index < -0.39 is 0 Å². The second kappa shape index (κ2) is 9.38. The van der Waals surface area contributed by atoms with E-state index in [4.69, 9.17) is 0 Å². The van der Waals surface area contributed by atoms with E-state index in [0.29, 0.717) is 12.1 Å². The molecule has 0 aromatic heterocycles. The largest absolute Gasteiger partial charge is 0.370 e. The number of allylic oxidation sites excluding steroid dienone is 2. The molecule has 3 fully saturated rings. The first kappa shape index (κ1) is 20.9. The molecule has 4 heterocycles. The van der Waals surface area contributed by atoms with Crippen LogP contribution in [0.1, 0.15) is 19.3 Å². The number of rotatable bonds is 3. The molecule has 2 unspecified atom stereocenters. The van der Waals surface area contributed by atoms with Gasteiger partial charge in [0.15, 0.2) is 0 Å². The molecule has 0 radical (unpaired) electrons. The van der Waals surface area contributed by atoms with Gasteiger partial charge in [0, 0.05) is 19.6 Å². The van der Waals surface area contributed by atoms with Crippen molar-refractivity contribution in [3.63, 3.8) is 0 Å². The Balaban J connectivity index is 0.000000882. The molecule has 23 heavy (non-hydrogen) atoms. The van der Waals surface area contributed by atoms with Gasteiger partial charge in [-0.2, -0.15) is 0 Å². The number of hydrogen-bond donors (Lipinski definition) is 2. The second-order valence-electron chi connectivity index (χ2n) is 6.69. The average Bonchev–Trinajstić information content (AvgIpc) is 2.91. The van der Waals surface area contributed by atoms with Gasteiger partial charge in [-0.15, -0.1) is 37.2 Å². The van der Waals surface area contributed by atoms with Gasteiger partial charge < -0.3 is 15.5 Å². The van der Waals surface area contributed by atoms with Crippen LogP contribution in [0.2, 0.25) is 0 Å². The van der Waals surface area contributed by atoms with Gasteiger partial charge in [0.1, 0.15) is 5.82 Å². The molecule has 4 rings (SSSR count). The van der Waals surface area contributed by atoms with Crippen molar-refractivity contribution in [2.45, 2.75) is 31.3 Å². The summed E-state index contributed by atoms with van der Waals surface area (Å²) in [6.45, 7) is 7.30. The number of piperidine rings is 1. The summed E-state index contributed by atoms with van der Waals surface area (Å²) in [6.07, 6.45) is 11.0. The van der Waals surface area contributed by atoms with Gasteiger partial charge in [-0.05, 0) is 50.9 Å². The molecule has 134 valence electrons. The van der Waals surface area contributed by atoms with Gasteiger partial charge in [-0.1, -0.05) is 12.2 Å². The molecule has 0 saturated carbocycles. The highest BCUT2D eigenvalue weighted by atomic mass is 35.5. The van der Waals surface area contributed by atoms with Crippen LogP contribution in [0, 0.1) is 5.92 Å². The molecule has 7 heteroatoms. The Morgan fingerprint density at radius 1 is 1.09 bits per heavy atom. The first-order valence-electron chi connectivity index (χ1n) is 8.24. The van der Waals surface area contributed by atoms with Crippen LogP contribution in [0.5, 0.6) is 0 Å². The summed E-state index contributed by atoms with van der Waals surface area (Å²) in [5, 5.41) is 7.02. The second-order valence-corrected chi connectivity index (χ2v) is 6.69. The van der Waals surface area contributed by atoms with Crippen LogP contribution < -0.4 is 10.6 Å². The minimum atomic E-state index is 0. The van der Waals surface area contributed by atoms with Gasteiger partial charge in [0.2, 0.25) is 0 Å². The first-order valence-corrected chi connectivity index (χ1v) is 8.24. The number of nitrogens with zero attached hydrogens (tertiary/aromatic N) is 2. The fourth-order valence-electron chi connectivity index (χ4n) is 4.23. The van der Waals surface area contributed by atoms with Crippen LogP contribution >= 0.6 is 37.2 Å². The summed E-state index contributed by atoms with van der Waals surface area (Å²) in [6, 6.07) is 1.27. The summed E-state index contributed by atoms with van der Waals surface area (Å²) in [7, 11) is 0. The molecule has 0 aromatic carbocycles. The quantitative estimate of drug-likeness (QED) is 0.780. The molecule has 4 aliphatic heterocycles. The van der Waals surface area contributed by atoms with Crippen molar-refractivity contribution in [2.75, 3.05) is 39.3 Å². The van der Waals surface area contributed by atoms with E-state index in [1.165, 1.54) is 57.8 Å². The first-order chi connectivity index (χ1) is 9.90. The molecule has 2 atom stereocenters. The summed E-state index contributed by atoms with van der Waals surface area (Å²) < 4.78 is 0. The Hall–Kier alpha value is -0.130. The van der Waals surface area contributed by atoms with E-state index in [2.05, 4.69) is 38.7 Å². The maximum atomic E-state index is 3.56. The lowest BCUT2D eigenvalue weighted by Crippen LogP contribution is -2.56. The van der Waals surface area contributed by atoms with Crippen molar-refractivity contribution in [3.05, 3.63) is 24.0 Å². The standard InChI is InChI=1S/C16H26N4.3ClH/c1-2-14-11-19(9-6-13-4-7-17-8-5-13)12-15-10-18-16(3-1)20(14)15;;;/h1-3,13-15,17-18H,4-12H2;3*1H. The highest BCUT2D eigenvalue weighted by Crippen LogP contribution is 2.28. The molecular weight excluding hydrogens is 355 g/mol. The van der Waals surface area contributed by atoms with Crippen LogP contribution in [-0.4, -0.2) is 61.2 Å². The Labute approximate surface area is 158 Å². The van der Waals surface area contributed by atoms with Crippen LogP contribution in [0.25, 0.3) is 0 Å². The van der Waals surface area contributed by atoms with Crippen molar-refractivity contribution < 1.29 is 0 Å². The average molecular weight is 384 g/mol. The Morgan fingerprint density at radius 2 is 1.87 bits per heavy atom. The summed E-state index contributed by atoms with van der Waals surface area (Å²) >= 11 is 0. The van der Waals surface area contributed by atoms with E-state index in [-0.39, 0.29) is 37.2 Å². The molecule has 0 amide bonds. The Morgan fingerprint density at radius 3 is 2.65 bits per heavy atom. The topological polar surface area (TPSA) is 30.5 Å². The SMILES string of the molecule is C1=CC2CN(CCC3CCNCC3)CC3CNC(=C1)N23.Cl.Cl.Cl. The van der Waals surface area contributed by atoms with Crippen molar-refractivity contribution >= 4 is 37.2 Å². The molecule has 0 bridgehead atoms. The smallest absolute Gasteiger partial charge is 0.102 e. The van der Waals surface area contributed by atoms with E-state index in [0.717, 1.165) is 12.5 Å². The highest BCUT2D eigenvalue weighted by molar-refractivity contribution is 5.86. The third-order valence-corrected chi connectivity index (χ3v) is 5.36. The zero-order chi connectivity index (χ0) is 13.4. The van der Waals surface area contributed by atoms with Crippen LogP contribution in [0.15, 0.2) is 24.0 Å². The summed E-state index contributed by atoms with van der Waals surface area (Å²) in [5.41, 5.74) is 0. The lowest BCUT2D eigenvalue weighted by atomic mass is 9.94. The van der Waals surface area contributed by atoms with E-state index in [9.17, 15) is 0 Å². The number of halogens is 3. The van der Waals surface area contributed by atoms with Crippen molar-refractivity contribution in [2.24, 2.45) is 5.92 Å². The molecule has 4 aliphatic rings. The predicted octanol–water partition coefficient (Wildman–Crippen LogP) is 2.01. The van der Waals surface area contributed by atoms with Crippen molar-refractivity contribution in [3.8, 4) is 0 Å². The number of hydrogen-bond acceptors (Lipinski definition) is 4. The normalized spacial score (nSPS) is 29.4. The molecule has 4 nitrogen and oxygen atoms in total. The predicted molar refractivity (Wildman–Crippen MR) is 103 cm³/mol. The van der Waals surface area contributed by atoms with Crippen LogP contribution in [-0.2, 0) is 0 Å². The van der Waals surface area contributed by atoms with Crippen molar-refractivity contribution in [1.82, 2.24) is 20.4 Å². The summed E-state index contributed by atoms with van der Waals surface area (Å²) in [5.74, 6) is 2.30. The van der Waals surface area contributed by atoms with Crippen LogP contribution in [0.3, 0.4) is 0 Å². The van der Waals surface area contributed by atoms with Gasteiger partial charge >= 0.3 is 0 Å². The van der Waals surface area contributed by atoms with Gasteiger partial charge in [0.25, 0.3) is 0 Å². The molecule has 0 aliphatic carbocycles. The van der Waals surface area contributed by atoms with E-state index >= 15 is 0 Å². The fourth-order valence-corrected chi connectivity index (χ4v) is 4.23. The molecule has 2 N–H and O–H groups in total. The maximum absolute atomic E-state index is 3.56. The van der Waals surface area contributed by atoms with E-state index in [1.807, 2.05) is 0 Å². The number of piperazine rings is 1. The monoisotopic (exact) mass is 382 g/mol. The van der Waals surface area contributed by atoms with Crippen molar-refractivity contribution in [1.29, 1.82) is 0 Å². The zero-order valence-electron chi connectivity index (χ0n) is 13.4. The minimum Gasteiger partial charge on any atom is -0.370 e. The highest BCUT2D eigenvalue weighted by Gasteiger charge is 2.39. The third kappa shape index (κ3) is 4.49. The fraction of sp³-hybridized carbons (Fsp3) is 0.750. The molecule has 0 aromatic rings. The lowest BCUT2D eigenvalue weighted by Gasteiger charge is -2.44. The third-order valence-electron chi connectivity index (χ3n) is 5.36. The summed E-state index contributed by atoms with van der Waals surface area (Å²) in [4.78, 5) is 5.30. The molecular formula is C16H29Cl3N4. The van der Waals surface area contributed by atoms with Gasteiger partial charge in [0.05, 0.1) is 12.1 Å². The van der Waals surface area contributed by atoms with Crippen LogP contribution in [0.4, 0.5) is 0 Å². The Bertz CT molecular complexity index is 424. The van der Waals surface area contributed by atoms with Gasteiger partial charge in [-0.25, -0.2) is 0 Å². The number of nitrogens with one attached hydrogen (secondary N) is 2. The molecule has 3 saturated heterocycles. The lowest BCUT2D eigenvalue weighted by molar-refractivity contribution is 0.0860. The van der Waals surface area contributed by atoms with E-state index in [1.54, 1.807) is 0 Å². The van der Waals surface area contributed by atoms with Gasteiger partial charge in [-0.3, -0.25) is 4.90 Å². The Kier molecular flexibility index (Phi) is 8.53.